The molecule has 0 bridgehead atoms. The number of amides is 1. The Labute approximate surface area is 183 Å². The molecular formula is C22H27N3O5S. The van der Waals surface area contributed by atoms with E-state index in [1.54, 1.807) is 56.7 Å². The van der Waals surface area contributed by atoms with E-state index in [1.165, 1.54) is 16.4 Å². The van der Waals surface area contributed by atoms with Gasteiger partial charge in [0.25, 0.3) is 0 Å². The van der Waals surface area contributed by atoms with Crippen LogP contribution in [0.3, 0.4) is 0 Å². The SMILES string of the molecule is COc1ccc(/C=C/C(=O)Nc2cccc(S(=O)(=O)N3CCN(C)CC3)c2)cc1OC. The first kappa shape index (κ1) is 22.8. The maximum absolute atomic E-state index is 12.9. The largest absolute Gasteiger partial charge is 0.493 e. The maximum Gasteiger partial charge on any atom is 0.248 e. The number of likely N-dealkylation sites (N-methyl/N-ethyl adjacent to an activating group) is 1. The van der Waals surface area contributed by atoms with Crippen LogP contribution < -0.4 is 14.8 Å². The molecule has 9 heteroatoms. The van der Waals surface area contributed by atoms with E-state index in [1.807, 2.05) is 7.05 Å². The molecule has 2 aromatic carbocycles. The quantitative estimate of drug-likeness (QED) is 0.658. The highest BCUT2D eigenvalue weighted by atomic mass is 32.2. The molecule has 1 aliphatic rings. The summed E-state index contributed by atoms with van der Waals surface area (Å²) >= 11 is 0. The van der Waals surface area contributed by atoms with E-state index in [0.717, 1.165) is 5.56 Å². The first-order valence-electron chi connectivity index (χ1n) is 9.83. The molecule has 0 atom stereocenters. The number of benzene rings is 2. The Kier molecular flexibility index (Phi) is 7.32. The molecule has 0 aromatic heterocycles. The van der Waals surface area contributed by atoms with Crippen molar-refractivity contribution in [3.63, 3.8) is 0 Å². The van der Waals surface area contributed by atoms with Gasteiger partial charge in [-0.2, -0.15) is 4.31 Å². The van der Waals surface area contributed by atoms with Crippen LogP contribution in [-0.2, 0) is 14.8 Å². The molecule has 3 rings (SSSR count). The Morgan fingerprint density at radius 1 is 1.00 bits per heavy atom. The maximum atomic E-state index is 12.9. The van der Waals surface area contributed by atoms with Gasteiger partial charge in [0.05, 0.1) is 19.1 Å². The molecule has 1 heterocycles. The average molecular weight is 446 g/mol. The van der Waals surface area contributed by atoms with Crippen molar-refractivity contribution in [2.24, 2.45) is 0 Å². The van der Waals surface area contributed by atoms with Crippen LogP contribution >= 0.6 is 0 Å². The molecule has 0 spiro atoms. The van der Waals surface area contributed by atoms with Crippen LogP contribution in [0.25, 0.3) is 6.08 Å². The summed E-state index contributed by atoms with van der Waals surface area (Å²) in [7, 11) is 1.46. The Morgan fingerprint density at radius 3 is 2.39 bits per heavy atom. The number of hydrogen-bond acceptors (Lipinski definition) is 6. The minimum atomic E-state index is -3.60. The van der Waals surface area contributed by atoms with E-state index in [4.69, 9.17) is 9.47 Å². The third-order valence-electron chi connectivity index (χ3n) is 5.04. The fourth-order valence-corrected chi connectivity index (χ4v) is 4.69. The molecule has 2 aromatic rings. The summed E-state index contributed by atoms with van der Waals surface area (Å²) in [5, 5.41) is 2.71. The highest BCUT2D eigenvalue weighted by molar-refractivity contribution is 7.89. The number of hydrogen-bond donors (Lipinski definition) is 1. The molecule has 1 saturated heterocycles. The summed E-state index contributed by atoms with van der Waals surface area (Å²) in [5.41, 5.74) is 1.18. The Bertz CT molecular complexity index is 1060. The first-order valence-corrected chi connectivity index (χ1v) is 11.3. The van der Waals surface area contributed by atoms with Crippen LogP contribution in [0.15, 0.2) is 53.4 Å². The van der Waals surface area contributed by atoms with Crippen molar-refractivity contribution in [2.45, 2.75) is 4.90 Å². The fraction of sp³-hybridized carbons (Fsp3) is 0.318. The highest BCUT2D eigenvalue weighted by Crippen LogP contribution is 2.28. The topological polar surface area (TPSA) is 88.2 Å². The molecule has 1 N–H and O–H groups in total. The Balaban J connectivity index is 1.69. The van der Waals surface area contributed by atoms with Crippen molar-refractivity contribution in [1.82, 2.24) is 9.21 Å². The molecule has 0 aliphatic carbocycles. The molecule has 0 unspecified atom stereocenters. The van der Waals surface area contributed by atoms with Crippen molar-refractivity contribution in [1.29, 1.82) is 0 Å². The number of carbonyl (C=O) groups is 1. The zero-order valence-corrected chi connectivity index (χ0v) is 18.7. The second-order valence-electron chi connectivity index (χ2n) is 7.17. The Hall–Kier alpha value is -2.88. The standard InChI is InChI=1S/C22H27N3O5S/c1-24-11-13-25(14-12-24)31(27,28)19-6-4-5-18(16-19)23-22(26)10-8-17-7-9-20(29-2)21(15-17)30-3/h4-10,15-16H,11-14H2,1-3H3,(H,23,26)/b10-8+. The molecule has 0 radical (unpaired) electrons. The Morgan fingerprint density at radius 2 is 1.71 bits per heavy atom. The molecule has 8 nitrogen and oxygen atoms in total. The zero-order chi connectivity index (χ0) is 22.4. The molecule has 0 saturated carbocycles. The summed E-state index contributed by atoms with van der Waals surface area (Å²) in [5.74, 6) is 0.790. The van der Waals surface area contributed by atoms with Crippen LogP contribution in [0.4, 0.5) is 5.69 Å². The number of anilines is 1. The smallest absolute Gasteiger partial charge is 0.248 e. The van der Waals surface area contributed by atoms with E-state index < -0.39 is 10.0 Å². The van der Waals surface area contributed by atoms with Gasteiger partial charge >= 0.3 is 0 Å². The summed E-state index contributed by atoms with van der Waals surface area (Å²) < 4.78 is 37.8. The van der Waals surface area contributed by atoms with Crippen LogP contribution in [0.1, 0.15) is 5.56 Å². The van der Waals surface area contributed by atoms with Gasteiger partial charge in [0.2, 0.25) is 15.9 Å². The third-order valence-corrected chi connectivity index (χ3v) is 6.93. The van der Waals surface area contributed by atoms with Crippen molar-refractivity contribution in [3.05, 3.63) is 54.1 Å². The minimum Gasteiger partial charge on any atom is -0.493 e. The molecular weight excluding hydrogens is 418 g/mol. The number of rotatable bonds is 7. The number of piperazine rings is 1. The van der Waals surface area contributed by atoms with Gasteiger partial charge in [0.15, 0.2) is 11.5 Å². The lowest BCUT2D eigenvalue weighted by molar-refractivity contribution is -0.111. The highest BCUT2D eigenvalue weighted by Gasteiger charge is 2.27. The summed E-state index contributed by atoms with van der Waals surface area (Å²) in [4.78, 5) is 14.6. The number of sulfonamides is 1. The lowest BCUT2D eigenvalue weighted by Gasteiger charge is -2.31. The number of methoxy groups -OCH3 is 2. The van der Waals surface area contributed by atoms with Crippen molar-refractivity contribution >= 4 is 27.7 Å². The summed E-state index contributed by atoms with van der Waals surface area (Å²) in [6.07, 6.45) is 3.02. The van der Waals surface area contributed by atoms with Gasteiger partial charge in [-0.25, -0.2) is 8.42 Å². The third kappa shape index (κ3) is 5.63. The van der Waals surface area contributed by atoms with Gasteiger partial charge in [-0.3, -0.25) is 4.79 Å². The predicted molar refractivity (Wildman–Crippen MR) is 120 cm³/mol. The average Bonchev–Trinajstić information content (AvgIpc) is 2.78. The normalized spacial score (nSPS) is 15.7. The van der Waals surface area contributed by atoms with Gasteiger partial charge in [-0.1, -0.05) is 12.1 Å². The molecule has 1 aliphatic heterocycles. The predicted octanol–water partition coefficient (Wildman–Crippen LogP) is 2.29. The number of nitrogens with one attached hydrogen (secondary N) is 1. The molecule has 31 heavy (non-hydrogen) atoms. The van der Waals surface area contributed by atoms with E-state index >= 15 is 0 Å². The van der Waals surface area contributed by atoms with E-state index in [2.05, 4.69) is 10.2 Å². The number of carbonyl (C=O) groups excluding carboxylic acids is 1. The van der Waals surface area contributed by atoms with Gasteiger partial charge in [0, 0.05) is 37.9 Å². The zero-order valence-electron chi connectivity index (χ0n) is 17.9. The van der Waals surface area contributed by atoms with Crippen molar-refractivity contribution < 1.29 is 22.7 Å². The first-order chi connectivity index (χ1) is 14.8. The van der Waals surface area contributed by atoms with Gasteiger partial charge < -0.3 is 19.7 Å². The second-order valence-corrected chi connectivity index (χ2v) is 9.11. The van der Waals surface area contributed by atoms with E-state index in [9.17, 15) is 13.2 Å². The van der Waals surface area contributed by atoms with Crippen LogP contribution in [0, 0.1) is 0 Å². The van der Waals surface area contributed by atoms with Crippen molar-refractivity contribution in [2.75, 3.05) is 52.8 Å². The van der Waals surface area contributed by atoms with E-state index in [0.29, 0.717) is 43.4 Å². The summed E-state index contributed by atoms with van der Waals surface area (Å²) in [6, 6.07) is 11.6. The van der Waals surface area contributed by atoms with Gasteiger partial charge in [-0.15, -0.1) is 0 Å². The number of nitrogens with zero attached hydrogens (tertiary/aromatic N) is 2. The molecule has 166 valence electrons. The van der Waals surface area contributed by atoms with E-state index in [-0.39, 0.29) is 10.8 Å². The number of ether oxygens (including phenoxy) is 2. The second kappa shape index (κ2) is 9.95. The monoisotopic (exact) mass is 445 g/mol. The minimum absolute atomic E-state index is 0.165. The van der Waals surface area contributed by atoms with Crippen LogP contribution in [0.5, 0.6) is 11.5 Å². The summed E-state index contributed by atoms with van der Waals surface area (Å²) in [6.45, 7) is 2.28. The lowest BCUT2D eigenvalue weighted by Crippen LogP contribution is -2.47. The molecule has 1 fully saturated rings. The van der Waals surface area contributed by atoms with Gasteiger partial charge in [0.1, 0.15) is 0 Å². The van der Waals surface area contributed by atoms with Gasteiger partial charge in [-0.05, 0) is 49.0 Å². The van der Waals surface area contributed by atoms with Crippen LogP contribution in [0.2, 0.25) is 0 Å². The van der Waals surface area contributed by atoms with Crippen molar-refractivity contribution in [3.8, 4) is 11.5 Å². The van der Waals surface area contributed by atoms with Crippen LogP contribution in [-0.4, -0.2) is 71.0 Å². The lowest BCUT2D eigenvalue weighted by atomic mass is 10.2. The molecule has 1 amide bonds. The fourth-order valence-electron chi connectivity index (χ4n) is 3.22.